The van der Waals surface area contributed by atoms with Crippen LogP contribution < -0.4 is 14.3 Å². The van der Waals surface area contributed by atoms with Crippen LogP contribution in [0.1, 0.15) is 15.9 Å². The number of benzene rings is 3. The van der Waals surface area contributed by atoms with Crippen molar-refractivity contribution in [3.63, 3.8) is 0 Å². The normalized spacial score (nSPS) is 11.3. The van der Waals surface area contributed by atoms with E-state index in [1.54, 1.807) is 48.5 Å². The van der Waals surface area contributed by atoms with Gasteiger partial charge in [-0.3, -0.25) is 4.79 Å². The number of ether oxygens (including phenoxy) is 1. The summed E-state index contributed by atoms with van der Waals surface area (Å²) in [6.07, 6.45) is 1.38. The van der Waals surface area contributed by atoms with Gasteiger partial charge in [0.05, 0.1) is 13.3 Å². The predicted molar refractivity (Wildman–Crippen MR) is 121 cm³/mol. The fourth-order valence-electron chi connectivity index (χ4n) is 2.45. The Morgan fingerprint density at radius 3 is 2.47 bits per heavy atom. The molecular weight excluding hydrogens is 519 g/mol. The van der Waals surface area contributed by atoms with E-state index in [2.05, 4.69) is 33.1 Å². The van der Waals surface area contributed by atoms with Gasteiger partial charge in [0, 0.05) is 9.13 Å². The van der Waals surface area contributed by atoms with Crippen LogP contribution in [0.2, 0.25) is 0 Å². The number of amides is 1. The molecule has 0 aliphatic rings. The van der Waals surface area contributed by atoms with E-state index in [9.17, 15) is 13.2 Å². The minimum atomic E-state index is -4.03. The summed E-state index contributed by atoms with van der Waals surface area (Å²) in [5.74, 6) is -0.106. The van der Waals surface area contributed by atoms with Gasteiger partial charge in [-0.2, -0.15) is 13.5 Å². The molecule has 0 aliphatic heterocycles. The van der Waals surface area contributed by atoms with Crippen molar-refractivity contribution in [3.05, 3.63) is 87.5 Å². The number of carbonyl (C=O) groups excluding carboxylic acids is 1. The number of carbonyl (C=O) groups is 1. The third-order valence-corrected chi connectivity index (χ3v) is 5.81. The first-order chi connectivity index (χ1) is 14.4. The molecule has 154 valence electrons. The molecule has 0 saturated heterocycles. The quantitative estimate of drug-likeness (QED) is 0.215. The number of hydrogen-bond donors (Lipinski definition) is 1. The van der Waals surface area contributed by atoms with Crippen LogP contribution in [0.4, 0.5) is 0 Å². The van der Waals surface area contributed by atoms with Gasteiger partial charge in [0.15, 0.2) is 11.5 Å². The van der Waals surface area contributed by atoms with Crippen LogP contribution in [0.3, 0.4) is 0 Å². The van der Waals surface area contributed by atoms with Gasteiger partial charge in [-0.05, 0) is 76.7 Å². The maximum absolute atomic E-state index is 12.5. The molecule has 0 spiro atoms. The molecule has 0 saturated carbocycles. The Labute approximate surface area is 188 Å². The van der Waals surface area contributed by atoms with Crippen molar-refractivity contribution < 1.29 is 22.1 Å². The maximum atomic E-state index is 12.5. The van der Waals surface area contributed by atoms with Gasteiger partial charge in [0.25, 0.3) is 5.91 Å². The van der Waals surface area contributed by atoms with E-state index >= 15 is 0 Å². The first-order valence-electron chi connectivity index (χ1n) is 8.65. The van der Waals surface area contributed by atoms with E-state index < -0.39 is 10.1 Å². The second-order valence-electron chi connectivity index (χ2n) is 5.97. The molecule has 0 bridgehead atoms. The van der Waals surface area contributed by atoms with E-state index in [1.165, 1.54) is 31.5 Å². The van der Waals surface area contributed by atoms with Gasteiger partial charge < -0.3 is 8.92 Å². The smallest absolute Gasteiger partial charge is 0.339 e. The van der Waals surface area contributed by atoms with Crippen molar-refractivity contribution in [2.45, 2.75) is 4.90 Å². The SMILES string of the molecule is COc1ccc(/C=N\NC(=O)c2cccc(I)c2)cc1OS(=O)(=O)c1ccccc1. The highest BCUT2D eigenvalue weighted by molar-refractivity contribution is 14.1. The lowest BCUT2D eigenvalue weighted by Crippen LogP contribution is -2.17. The summed E-state index contributed by atoms with van der Waals surface area (Å²) in [5.41, 5.74) is 3.42. The average molecular weight is 536 g/mol. The van der Waals surface area contributed by atoms with E-state index in [0.717, 1.165) is 3.57 Å². The number of halogens is 1. The van der Waals surface area contributed by atoms with E-state index in [-0.39, 0.29) is 22.3 Å². The Morgan fingerprint density at radius 1 is 1.00 bits per heavy atom. The van der Waals surface area contributed by atoms with Crippen LogP contribution in [0.5, 0.6) is 11.5 Å². The summed E-state index contributed by atoms with van der Waals surface area (Å²) >= 11 is 2.12. The highest BCUT2D eigenvalue weighted by Gasteiger charge is 2.19. The fraction of sp³-hybridized carbons (Fsp3) is 0.0476. The molecular formula is C21H17IN2O5S. The molecule has 3 rings (SSSR count). The molecule has 1 N–H and O–H groups in total. The summed E-state index contributed by atoms with van der Waals surface area (Å²) in [7, 11) is -2.62. The lowest BCUT2D eigenvalue weighted by Gasteiger charge is -2.11. The number of hydrazone groups is 1. The van der Waals surface area contributed by atoms with Crippen molar-refractivity contribution in [1.29, 1.82) is 0 Å². The summed E-state index contributed by atoms with van der Waals surface area (Å²) in [6.45, 7) is 0. The average Bonchev–Trinajstić information content (AvgIpc) is 2.74. The van der Waals surface area contributed by atoms with E-state index in [4.69, 9.17) is 8.92 Å². The number of nitrogens with zero attached hydrogens (tertiary/aromatic N) is 1. The van der Waals surface area contributed by atoms with Crippen LogP contribution >= 0.6 is 22.6 Å². The van der Waals surface area contributed by atoms with Crippen LogP contribution in [-0.2, 0) is 10.1 Å². The third-order valence-electron chi connectivity index (χ3n) is 3.89. The predicted octanol–water partition coefficient (Wildman–Crippen LogP) is 3.83. The van der Waals surface area contributed by atoms with Crippen LogP contribution in [0, 0.1) is 3.57 Å². The highest BCUT2D eigenvalue weighted by Crippen LogP contribution is 2.30. The molecule has 0 atom stereocenters. The highest BCUT2D eigenvalue weighted by atomic mass is 127. The van der Waals surface area contributed by atoms with Gasteiger partial charge in [0.2, 0.25) is 0 Å². The summed E-state index contributed by atoms with van der Waals surface area (Å²) in [6, 6.07) is 19.5. The minimum absolute atomic E-state index is 0.00856. The van der Waals surface area contributed by atoms with Gasteiger partial charge in [-0.25, -0.2) is 5.43 Å². The van der Waals surface area contributed by atoms with Crippen molar-refractivity contribution in [2.75, 3.05) is 7.11 Å². The Balaban J connectivity index is 1.77. The zero-order valence-electron chi connectivity index (χ0n) is 15.8. The molecule has 3 aromatic rings. The minimum Gasteiger partial charge on any atom is -0.493 e. The van der Waals surface area contributed by atoms with Crippen LogP contribution in [0.15, 0.2) is 82.8 Å². The van der Waals surface area contributed by atoms with Gasteiger partial charge in [-0.15, -0.1) is 0 Å². The molecule has 1 amide bonds. The summed E-state index contributed by atoms with van der Waals surface area (Å²) in [4.78, 5) is 12.2. The zero-order chi connectivity index (χ0) is 21.6. The number of rotatable bonds is 7. The molecule has 0 unspecified atom stereocenters. The van der Waals surface area contributed by atoms with Crippen LogP contribution in [0.25, 0.3) is 0 Å². The second-order valence-corrected chi connectivity index (χ2v) is 8.76. The number of methoxy groups -OCH3 is 1. The second kappa shape index (κ2) is 9.72. The fourth-order valence-corrected chi connectivity index (χ4v) is 3.95. The van der Waals surface area contributed by atoms with Crippen molar-refractivity contribution >= 4 is 44.8 Å². The monoisotopic (exact) mass is 536 g/mol. The lowest BCUT2D eigenvalue weighted by atomic mass is 10.2. The van der Waals surface area contributed by atoms with Crippen molar-refractivity contribution in [1.82, 2.24) is 5.43 Å². The number of hydrogen-bond acceptors (Lipinski definition) is 6. The molecule has 3 aromatic carbocycles. The Morgan fingerprint density at radius 2 is 1.77 bits per heavy atom. The van der Waals surface area contributed by atoms with E-state index in [0.29, 0.717) is 11.1 Å². The molecule has 0 fully saturated rings. The topological polar surface area (TPSA) is 94.1 Å². The largest absolute Gasteiger partial charge is 0.493 e. The third kappa shape index (κ3) is 5.57. The van der Waals surface area contributed by atoms with E-state index in [1.807, 2.05) is 6.07 Å². The summed E-state index contributed by atoms with van der Waals surface area (Å²) < 4.78 is 36.4. The first kappa shape index (κ1) is 21.8. The standard InChI is InChI=1S/C21H17IN2O5S/c1-28-19-11-10-15(14-23-24-21(25)16-6-5-7-17(22)13-16)12-20(19)29-30(26,27)18-8-3-2-4-9-18/h2-14H,1H3,(H,24,25)/b23-14-. The van der Waals surface area contributed by atoms with Crippen molar-refractivity contribution in [3.8, 4) is 11.5 Å². The van der Waals surface area contributed by atoms with Gasteiger partial charge in [-0.1, -0.05) is 24.3 Å². The Kier molecular flexibility index (Phi) is 7.06. The maximum Gasteiger partial charge on any atom is 0.339 e. The zero-order valence-corrected chi connectivity index (χ0v) is 18.8. The molecule has 9 heteroatoms. The first-order valence-corrected chi connectivity index (χ1v) is 11.1. The molecule has 30 heavy (non-hydrogen) atoms. The Hall–Kier alpha value is -2.92. The summed E-state index contributed by atoms with van der Waals surface area (Å²) in [5, 5.41) is 3.93. The number of nitrogens with one attached hydrogen (secondary N) is 1. The van der Waals surface area contributed by atoms with Crippen LogP contribution in [-0.4, -0.2) is 27.6 Å². The molecule has 0 aromatic heterocycles. The van der Waals surface area contributed by atoms with Crippen molar-refractivity contribution in [2.24, 2.45) is 5.10 Å². The molecule has 0 radical (unpaired) electrons. The van der Waals surface area contributed by atoms with Gasteiger partial charge in [0.1, 0.15) is 4.90 Å². The lowest BCUT2D eigenvalue weighted by molar-refractivity contribution is 0.0955. The Bertz CT molecular complexity index is 1180. The molecule has 0 aliphatic carbocycles. The molecule has 0 heterocycles. The molecule has 7 nitrogen and oxygen atoms in total. The van der Waals surface area contributed by atoms with Gasteiger partial charge >= 0.3 is 10.1 Å².